The van der Waals surface area contributed by atoms with Crippen LogP contribution in [0.5, 0.6) is 0 Å². The Morgan fingerprint density at radius 2 is 2.31 bits per heavy atom. The Balaban J connectivity index is 2.46. The van der Waals surface area contributed by atoms with E-state index in [0.717, 1.165) is 19.3 Å². The topological polar surface area (TPSA) is 68.1 Å². The average Bonchev–Trinajstić information content (AvgIpc) is 2.25. The lowest BCUT2D eigenvalue weighted by Crippen LogP contribution is -2.23. The fourth-order valence-electron chi connectivity index (χ4n) is 1.47. The number of hydrogen-bond acceptors (Lipinski definition) is 4. The van der Waals surface area contributed by atoms with Gasteiger partial charge in [-0.05, 0) is 18.8 Å². The maximum absolute atomic E-state index is 10.9. The smallest absolute Gasteiger partial charge is 0.353 e. The lowest BCUT2D eigenvalue weighted by atomic mass is 10.1. The molecule has 0 spiro atoms. The van der Waals surface area contributed by atoms with Gasteiger partial charge in [0.05, 0.1) is 6.61 Å². The zero-order chi connectivity index (χ0) is 12.0. The normalized spacial score (nSPS) is 22.2. The maximum Gasteiger partial charge on any atom is 0.353 e. The first kappa shape index (κ1) is 13.0. The van der Waals surface area contributed by atoms with E-state index in [1.165, 1.54) is 0 Å². The summed E-state index contributed by atoms with van der Waals surface area (Å²) in [6.45, 7) is 4.54. The number of oxime groups is 1. The molecule has 1 N–H and O–H groups in total. The Morgan fingerprint density at radius 3 is 2.81 bits per heavy atom. The minimum Gasteiger partial charge on any atom is -0.477 e. The van der Waals surface area contributed by atoms with Crippen LogP contribution in [0.1, 0.15) is 39.5 Å². The molecule has 0 amide bonds. The fourth-order valence-corrected chi connectivity index (χ4v) is 1.47. The van der Waals surface area contributed by atoms with E-state index in [2.05, 4.69) is 5.16 Å². The molecule has 1 atom stereocenters. The minimum absolute atomic E-state index is 0.0594. The number of aliphatic carboxylic acids is 1. The summed E-state index contributed by atoms with van der Waals surface area (Å²) in [7, 11) is 0. The second-order valence-corrected chi connectivity index (χ2v) is 4.34. The molecule has 0 aliphatic carbocycles. The van der Waals surface area contributed by atoms with Crippen LogP contribution >= 0.6 is 0 Å². The number of rotatable bonds is 5. The van der Waals surface area contributed by atoms with E-state index in [4.69, 9.17) is 14.7 Å². The molecule has 0 aromatic rings. The second-order valence-electron chi connectivity index (χ2n) is 4.34. The Morgan fingerprint density at radius 1 is 1.56 bits per heavy atom. The van der Waals surface area contributed by atoms with Crippen LogP contribution in [0.25, 0.3) is 0 Å². The quantitative estimate of drug-likeness (QED) is 0.578. The first-order valence-electron chi connectivity index (χ1n) is 5.67. The highest BCUT2D eigenvalue weighted by atomic mass is 16.8. The Hall–Kier alpha value is -1.10. The molecule has 1 aliphatic heterocycles. The van der Waals surface area contributed by atoms with Gasteiger partial charge >= 0.3 is 5.97 Å². The molecule has 1 rings (SSSR count). The van der Waals surface area contributed by atoms with E-state index in [9.17, 15) is 4.79 Å². The summed E-state index contributed by atoms with van der Waals surface area (Å²) in [6.07, 6.45) is 2.86. The third kappa shape index (κ3) is 4.61. The van der Waals surface area contributed by atoms with Gasteiger partial charge < -0.3 is 14.7 Å². The molecule has 0 unspecified atom stereocenters. The van der Waals surface area contributed by atoms with E-state index in [0.29, 0.717) is 13.0 Å². The van der Waals surface area contributed by atoms with Gasteiger partial charge in [0.25, 0.3) is 0 Å². The summed E-state index contributed by atoms with van der Waals surface area (Å²) in [5.74, 6) is -0.782. The zero-order valence-electron chi connectivity index (χ0n) is 9.81. The van der Waals surface area contributed by atoms with Crippen molar-refractivity contribution in [3.8, 4) is 0 Å². The van der Waals surface area contributed by atoms with Crippen LogP contribution in [-0.4, -0.2) is 29.7 Å². The van der Waals surface area contributed by atoms with Crippen molar-refractivity contribution in [2.45, 2.75) is 45.8 Å². The van der Waals surface area contributed by atoms with Gasteiger partial charge in [0.2, 0.25) is 6.29 Å². The van der Waals surface area contributed by atoms with E-state index in [-0.39, 0.29) is 17.9 Å². The molecule has 0 radical (unpaired) electrons. The predicted molar refractivity (Wildman–Crippen MR) is 59.2 cm³/mol. The van der Waals surface area contributed by atoms with Crippen LogP contribution < -0.4 is 0 Å². The third-order valence-corrected chi connectivity index (χ3v) is 2.27. The molecule has 5 nitrogen and oxygen atoms in total. The van der Waals surface area contributed by atoms with Crippen LogP contribution in [0.15, 0.2) is 5.16 Å². The lowest BCUT2D eigenvalue weighted by molar-refractivity contribution is -0.163. The number of nitrogens with zero attached hydrogens (tertiary/aromatic N) is 1. The van der Waals surface area contributed by atoms with Gasteiger partial charge in [0, 0.05) is 12.8 Å². The van der Waals surface area contributed by atoms with Crippen molar-refractivity contribution in [2.24, 2.45) is 11.1 Å². The molecule has 16 heavy (non-hydrogen) atoms. The number of carboxylic acid groups (broad SMARTS) is 1. The van der Waals surface area contributed by atoms with Crippen molar-refractivity contribution in [2.75, 3.05) is 6.61 Å². The highest BCUT2D eigenvalue weighted by Gasteiger charge is 2.17. The molecule has 1 fully saturated rings. The number of carbonyl (C=O) groups is 1. The molecule has 1 heterocycles. The van der Waals surface area contributed by atoms with Crippen molar-refractivity contribution < 1.29 is 19.5 Å². The fraction of sp³-hybridized carbons (Fsp3) is 0.818. The van der Waals surface area contributed by atoms with Gasteiger partial charge in [0.1, 0.15) is 0 Å². The van der Waals surface area contributed by atoms with Crippen molar-refractivity contribution in [3.63, 3.8) is 0 Å². The van der Waals surface area contributed by atoms with Gasteiger partial charge in [-0.25, -0.2) is 4.79 Å². The first-order valence-corrected chi connectivity index (χ1v) is 5.67. The molecule has 92 valence electrons. The van der Waals surface area contributed by atoms with Crippen molar-refractivity contribution in [1.82, 2.24) is 0 Å². The molecule has 0 bridgehead atoms. The molecule has 0 aromatic carbocycles. The minimum atomic E-state index is -1.02. The van der Waals surface area contributed by atoms with Gasteiger partial charge in [-0.2, -0.15) is 0 Å². The van der Waals surface area contributed by atoms with E-state index >= 15 is 0 Å². The predicted octanol–water partition coefficient (Wildman–Crippen LogP) is 2.02. The summed E-state index contributed by atoms with van der Waals surface area (Å²) >= 11 is 0. The molecule has 0 aromatic heterocycles. The molecular formula is C11H19NO4. The van der Waals surface area contributed by atoms with E-state index in [1.54, 1.807) is 0 Å². The summed E-state index contributed by atoms with van der Waals surface area (Å²) in [5, 5.41) is 12.6. The third-order valence-electron chi connectivity index (χ3n) is 2.27. The van der Waals surface area contributed by atoms with Crippen molar-refractivity contribution >= 4 is 11.7 Å². The largest absolute Gasteiger partial charge is 0.477 e. The number of ether oxygens (including phenoxy) is 1. The Bertz CT molecular complexity index is 257. The highest BCUT2D eigenvalue weighted by Crippen LogP contribution is 2.14. The SMILES string of the molecule is CC(C)C/C(=N\O[C@@H]1CCCCO1)C(=O)O. The summed E-state index contributed by atoms with van der Waals surface area (Å²) in [4.78, 5) is 15.9. The number of carboxylic acids is 1. The van der Waals surface area contributed by atoms with Crippen LogP contribution in [0.2, 0.25) is 0 Å². The van der Waals surface area contributed by atoms with Crippen molar-refractivity contribution in [3.05, 3.63) is 0 Å². The summed E-state index contributed by atoms with van der Waals surface area (Å²) in [6, 6.07) is 0. The standard InChI is InChI=1S/C11H19NO4/c1-8(2)7-9(11(13)14)12-16-10-5-3-4-6-15-10/h8,10H,3-7H2,1-2H3,(H,13,14)/b12-9+/t10-/m1/s1. The summed E-state index contributed by atoms with van der Waals surface area (Å²) in [5.41, 5.74) is 0.0594. The zero-order valence-corrected chi connectivity index (χ0v) is 9.81. The maximum atomic E-state index is 10.9. The van der Waals surface area contributed by atoms with Crippen molar-refractivity contribution in [1.29, 1.82) is 0 Å². The molecule has 5 heteroatoms. The second kappa shape index (κ2) is 6.48. The van der Waals surface area contributed by atoms with E-state index < -0.39 is 5.97 Å². The Labute approximate surface area is 95.4 Å². The number of hydrogen-bond donors (Lipinski definition) is 1. The molecule has 1 aliphatic rings. The highest BCUT2D eigenvalue weighted by molar-refractivity contribution is 6.35. The molecular weight excluding hydrogens is 210 g/mol. The van der Waals surface area contributed by atoms with E-state index in [1.807, 2.05) is 13.8 Å². The van der Waals surface area contributed by atoms with Crippen LogP contribution in [0.4, 0.5) is 0 Å². The first-order chi connectivity index (χ1) is 7.59. The van der Waals surface area contributed by atoms with Crippen LogP contribution in [0.3, 0.4) is 0 Å². The average molecular weight is 229 g/mol. The van der Waals surface area contributed by atoms with Crippen LogP contribution in [-0.2, 0) is 14.4 Å². The van der Waals surface area contributed by atoms with Crippen LogP contribution in [0, 0.1) is 5.92 Å². The lowest BCUT2D eigenvalue weighted by Gasteiger charge is -2.20. The summed E-state index contributed by atoms with van der Waals surface area (Å²) < 4.78 is 5.29. The Kier molecular flexibility index (Phi) is 5.25. The van der Waals surface area contributed by atoms with Gasteiger partial charge in [-0.1, -0.05) is 19.0 Å². The van der Waals surface area contributed by atoms with Gasteiger partial charge in [0.15, 0.2) is 5.71 Å². The molecule has 1 saturated heterocycles. The molecule has 0 saturated carbocycles. The van der Waals surface area contributed by atoms with Gasteiger partial charge in [-0.3, -0.25) is 0 Å². The van der Waals surface area contributed by atoms with Gasteiger partial charge in [-0.15, -0.1) is 0 Å². The monoisotopic (exact) mass is 229 g/mol.